The molecule has 0 aliphatic heterocycles. The summed E-state index contributed by atoms with van der Waals surface area (Å²) in [5.74, 6) is -0.737. The summed E-state index contributed by atoms with van der Waals surface area (Å²) < 4.78 is 38.6. The molecule has 3 N–H and O–H groups in total. The van der Waals surface area contributed by atoms with Gasteiger partial charge in [-0.1, -0.05) is 12.1 Å². The lowest BCUT2D eigenvalue weighted by Crippen LogP contribution is -2.15. The highest BCUT2D eigenvalue weighted by Gasteiger charge is 2.13. The van der Waals surface area contributed by atoms with Crippen molar-refractivity contribution in [2.45, 2.75) is 6.42 Å². The number of halogens is 1. The van der Waals surface area contributed by atoms with Crippen LogP contribution < -0.4 is 10.0 Å². The van der Waals surface area contributed by atoms with Crippen LogP contribution in [0.15, 0.2) is 48.1 Å². The zero-order valence-electron chi connectivity index (χ0n) is 15.6. The fourth-order valence-corrected chi connectivity index (χ4v) is 4.23. The van der Waals surface area contributed by atoms with Gasteiger partial charge in [-0.2, -0.15) is 0 Å². The predicted molar refractivity (Wildman–Crippen MR) is 114 cm³/mol. The van der Waals surface area contributed by atoms with Gasteiger partial charge in [0.25, 0.3) is 0 Å². The molecule has 0 saturated heterocycles. The third-order valence-electron chi connectivity index (χ3n) is 4.12. The number of carbonyl (C=O) groups excluding carboxylic acids is 1. The van der Waals surface area contributed by atoms with E-state index in [1.165, 1.54) is 17.4 Å². The summed E-state index contributed by atoms with van der Waals surface area (Å²) >= 11 is 1.25. The normalized spacial score (nSPS) is 11.5. The number of aromatic nitrogens is 3. The highest BCUT2D eigenvalue weighted by atomic mass is 32.2. The molecule has 0 saturated carbocycles. The van der Waals surface area contributed by atoms with Gasteiger partial charge in [0.15, 0.2) is 5.13 Å². The van der Waals surface area contributed by atoms with Crippen LogP contribution >= 0.6 is 11.3 Å². The number of nitrogens with one attached hydrogen (secondary N) is 3. The second kappa shape index (κ2) is 7.84. The molecular weight excluding hydrogens is 429 g/mol. The molecule has 3 heterocycles. The van der Waals surface area contributed by atoms with Crippen molar-refractivity contribution in [3.8, 4) is 11.3 Å². The number of rotatable bonds is 6. The van der Waals surface area contributed by atoms with Crippen LogP contribution in [0, 0.1) is 5.82 Å². The Morgan fingerprint density at radius 3 is 2.93 bits per heavy atom. The first-order valence-electron chi connectivity index (χ1n) is 8.72. The number of thiazole rings is 1. The molecule has 3 aromatic heterocycles. The molecule has 30 heavy (non-hydrogen) atoms. The van der Waals surface area contributed by atoms with Crippen molar-refractivity contribution < 1.29 is 17.6 Å². The molecule has 8 nitrogen and oxygen atoms in total. The topological polar surface area (TPSA) is 117 Å². The molecular formula is C19H16FN5O3S2. The Labute approximate surface area is 175 Å². The van der Waals surface area contributed by atoms with E-state index in [1.54, 1.807) is 35.8 Å². The van der Waals surface area contributed by atoms with Gasteiger partial charge in [0.1, 0.15) is 11.5 Å². The van der Waals surface area contributed by atoms with Gasteiger partial charge in [-0.05, 0) is 23.8 Å². The number of pyridine rings is 1. The van der Waals surface area contributed by atoms with Crippen LogP contribution in [0.5, 0.6) is 0 Å². The Hall–Kier alpha value is -3.31. The van der Waals surface area contributed by atoms with E-state index in [9.17, 15) is 17.6 Å². The number of benzene rings is 1. The van der Waals surface area contributed by atoms with Crippen LogP contribution in [0.1, 0.15) is 5.56 Å². The fourth-order valence-electron chi connectivity index (χ4n) is 2.95. The average Bonchev–Trinajstić information content (AvgIpc) is 3.26. The van der Waals surface area contributed by atoms with Crippen molar-refractivity contribution in [1.82, 2.24) is 15.0 Å². The highest BCUT2D eigenvalue weighted by Crippen LogP contribution is 2.30. The molecule has 1 amide bonds. The Morgan fingerprint density at radius 1 is 1.30 bits per heavy atom. The van der Waals surface area contributed by atoms with Gasteiger partial charge in [0.05, 0.1) is 24.6 Å². The molecule has 0 fully saturated rings. The summed E-state index contributed by atoms with van der Waals surface area (Å²) in [5, 5.41) is 5.50. The molecule has 154 valence electrons. The van der Waals surface area contributed by atoms with E-state index in [0.717, 1.165) is 12.5 Å². The van der Waals surface area contributed by atoms with Gasteiger partial charge in [0.2, 0.25) is 15.9 Å². The predicted octanol–water partition coefficient (Wildman–Crippen LogP) is 3.38. The molecule has 11 heteroatoms. The second-order valence-corrected chi connectivity index (χ2v) is 9.20. The van der Waals surface area contributed by atoms with E-state index in [-0.39, 0.29) is 12.3 Å². The first-order valence-corrected chi connectivity index (χ1v) is 11.5. The monoisotopic (exact) mass is 445 g/mol. The van der Waals surface area contributed by atoms with E-state index in [4.69, 9.17) is 0 Å². The first-order chi connectivity index (χ1) is 14.3. The molecule has 0 unspecified atom stereocenters. The lowest BCUT2D eigenvalue weighted by molar-refractivity contribution is -0.115. The summed E-state index contributed by atoms with van der Waals surface area (Å²) in [5.41, 5.74) is 2.87. The Bertz CT molecular complexity index is 1350. The van der Waals surface area contributed by atoms with E-state index >= 15 is 0 Å². The molecule has 4 rings (SSSR count). The molecule has 1 aromatic carbocycles. The molecule has 0 aliphatic rings. The van der Waals surface area contributed by atoms with Gasteiger partial charge < -0.3 is 10.3 Å². The second-order valence-electron chi connectivity index (χ2n) is 6.59. The lowest BCUT2D eigenvalue weighted by atomic mass is 10.1. The third-order valence-corrected chi connectivity index (χ3v) is 5.48. The van der Waals surface area contributed by atoms with Gasteiger partial charge in [-0.3, -0.25) is 9.52 Å². The maximum atomic E-state index is 13.5. The van der Waals surface area contributed by atoms with Gasteiger partial charge >= 0.3 is 0 Å². The maximum absolute atomic E-state index is 13.5. The number of fused-ring (bicyclic) bond motifs is 1. The number of sulfonamides is 1. The van der Waals surface area contributed by atoms with Crippen LogP contribution in [0.25, 0.3) is 22.3 Å². The highest BCUT2D eigenvalue weighted by molar-refractivity contribution is 7.92. The van der Waals surface area contributed by atoms with E-state index in [2.05, 4.69) is 25.0 Å². The smallest absolute Gasteiger partial charge is 0.230 e. The number of amides is 1. The van der Waals surface area contributed by atoms with Crippen LogP contribution in [0.4, 0.5) is 15.2 Å². The lowest BCUT2D eigenvalue weighted by Gasteiger charge is -2.06. The number of aromatic amines is 1. The van der Waals surface area contributed by atoms with Gasteiger partial charge in [-0.15, -0.1) is 11.3 Å². The van der Waals surface area contributed by atoms with E-state index in [0.29, 0.717) is 38.7 Å². The number of H-pyrrole nitrogens is 1. The number of carbonyl (C=O) groups is 1. The van der Waals surface area contributed by atoms with E-state index < -0.39 is 15.8 Å². The number of anilines is 2. The molecule has 4 aromatic rings. The first kappa shape index (κ1) is 20.0. The fraction of sp³-hybridized carbons (Fsp3) is 0.105. The Morgan fingerprint density at radius 2 is 2.13 bits per heavy atom. The molecule has 0 atom stereocenters. The maximum Gasteiger partial charge on any atom is 0.230 e. The third kappa shape index (κ3) is 4.63. The van der Waals surface area contributed by atoms with Crippen molar-refractivity contribution in [2.24, 2.45) is 0 Å². The molecule has 0 aliphatic carbocycles. The van der Waals surface area contributed by atoms with Crippen LogP contribution in [0.3, 0.4) is 0 Å². The zero-order chi connectivity index (χ0) is 21.3. The Balaban J connectivity index is 1.47. The molecule has 0 radical (unpaired) electrons. The van der Waals surface area contributed by atoms with Crippen LogP contribution in [-0.4, -0.2) is 35.5 Å². The molecule has 0 spiro atoms. The average molecular weight is 446 g/mol. The van der Waals surface area contributed by atoms with E-state index in [1.807, 2.05) is 0 Å². The number of hydrogen-bond acceptors (Lipinski definition) is 6. The van der Waals surface area contributed by atoms with Crippen molar-refractivity contribution in [3.05, 3.63) is 59.5 Å². The van der Waals surface area contributed by atoms with Crippen molar-refractivity contribution in [2.75, 3.05) is 16.3 Å². The minimum Gasteiger partial charge on any atom is -0.345 e. The van der Waals surface area contributed by atoms with Crippen LogP contribution in [-0.2, 0) is 21.2 Å². The van der Waals surface area contributed by atoms with Gasteiger partial charge in [0, 0.05) is 28.2 Å². The van der Waals surface area contributed by atoms with Gasteiger partial charge in [-0.25, -0.2) is 22.8 Å². The SMILES string of the molecule is CS(=O)(=O)Nc1cccc(CC(=O)Nc2nc(-c3c[nH]c4ncc(F)cc34)cs2)c1. The minimum absolute atomic E-state index is 0.0520. The Kier molecular flexibility index (Phi) is 5.22. The minimum atomic E-state index is -3.40. The van der Waals surface area contributed by atoms with Crippen LogP contribution in [0.2, 0.25) is 0 Å². The number of hydrogen-bond donors (Lipinski definition) is 3. The standard InChI is InChI=1S/C19H16FN5O3S2/c1-30(27,28)25-13-4-2-3-11(5-13)6-17(26)24-19-23-16(10-29-19)15-9-22-18-14(15)7-12(20)8-21-18/h2-5,7-10,25H,6H2,1H3,(H,21,22)(H,23,24,26). The summed E-state index contributed by atoms with van der Waals surface area (Å²) in [4.78, 5) is 23.7. The summed E-state index contributed by atoms with van der Waals surface area (Å²) in [6.45, 7) is 0. The summed E-state index contributed by atoms with van der Waals surface area (Å²) in [6, 6.07) is 7.98. The van der Waals surface area contributed by atoms with Crippen molar-refractivity contribution in [3.63, 3.8) is 0 Å². The molecule has 0 bridgehead atoms. The summed E-state index contributed by atoms with van der Waals surface area (Å²) in [7, 11) is -3.40. The zero-order valence-corrected chi connectivity index (χ0v) is 17.3. The quantitative estimate of drug-likeness (QED) is 0.421. The van der Waals surface area contributed by atoms with Crippen molar-refractivity contribution >= 4 is 49.1 Å². The summed E-state index contributed by atoms with van der Waals surface area (Å²) in [6.07, 6.45) is 3.94. The largest absolute Gasteiger partial charge is 0.345 e. The number of nitrogens with zero attached hydrogens (tertiary/aromatic N) is 2. The van der Waals surface area contributed by atoms with Crippen molar-refractivity contribution in [1.29, 1.82) is 0 Å².